The molecule has 1 unspecified atom stereocenters. The molecule has 1 heterocycles. The summed E-state index contributed by atoms with van der Waals surface area (Å²) in [6, 6.07) is 3.38. The van der Waals surface area contributed by atoms with Crippen LogP contribution in [-0.4, -0.2) is 39.4 Å². The molecule has 0 bridgehead atoms. The van der Waals surface area contributed by atoms with Crippen molar-refractivity contribution in [2.75, 3.05) is 26.7 Å². The zero-order chi connectivity index (χ0) is 14.8. The van der Waals surface area contributed by atoms with E-state index in [1.165, 1.54) is 10.4 Å². The van der Waals surface area contributed by atoms with Crippen LogP contribution in [0.25, 0.3) is 0 Å². The van der Waals surface area contributed by atoms with Gasteiger partial charge in [0.25, 0.3) is 0 Å². The van der Waals surface area contributed by atoms with Gasteiger partial charge in [-0.3, -0.25) is 0 Å². The number of benzene rings is 1. The summed E-state index contributed by atoms with van der Waals surface area (Å²) >= 11 is 5.87. The first-order valence-electron chi connectivity index (χ1n) is 6.55. The maximum Gasteiger partial charge on any atom is 0.244 e. The molecule has 0 saturated carbocycles. The Kier molecular flexibility index (Phi) is 6.87. The van der Waals surface area contributed by atoms with Crippen molar-refractivity contribution in [3.05, 3.63) is 29.0 Å². The van der Waals surface area contributed by atoms with Crippen molar-refractivity contribution in [1.29, 1.82) is 0 Å². The Morgan fingerprint density at radius 1 is 1.48 bits per heavy atom. The monoisotopic (exact) mass is 356 g/mol. The molecule has 120 valence electrons. The predicted octanol–water partition coefficient (Wildman–Crippen LogP) is 2.52. The molecule has 0 radical (unpaired) electrons. The first-order valence-corrected chi connectivity index (χ1v) is 8.36. The molecule has 1 aliphatic heterocycles. The van der Waals surface area contributed by atoms with Gasteiger partial charge in [0.2, 0.25) is 10.0 Å². The van der Waals surface area contributed by atoms with Crippen LogP contribution in [0.4, 0.5) is 4.39 Å². The summed E-state index contributed by atoms with van der Waals surface area (Å²) in [4.78, 5) is -0.0225. The Hall–Kier alpha value is -0.400. The van der Waals surface area contributed by atoms with Gasteiger partial charge >= 0.3 is 0 Å². The summed E-state index contributed by atoms with van der Waals surface area (Å²) in [6.07, 6.45) is 1.83. The van der Waals surface area contributed by atoms with E-state index < -0.39 is 15.8 Å². The number of nitrogens with zero attached hydrogens (tertiary/aromatic N) is 1. The molecule has 1 aromatic rings. The SMILES string of the molecule is CNCC1CCCN(S(=O)(=O)c2ccc(F)cc2Cl)C1.Cl. The van der Waals surface area contributed by atoms with E-state index in [2.05, 4.69) is 5.32 Å². The van der Waals surface area contributed by atoms with E-state index in [9.17, 15) is 12.8 Å². The van der Waals surface area contributed by atoms with Gasteiger partial charge in [-0.2, -0.15) is 4.31 Å². The lowest BCUT2D eigenvalue weighted by molar-refractivity contribution is 0.263. The third-order valence-corrected chi connectivity index (χ3v) is 5.83. The van der Waals surface area contributed by atoms with Crippen LogP contribution < -0.4 is 5.32 Å². The number of halogens is 3. The predicted molar refractivity (Wildman–Crippen MR) is 84.1 cm³/mol. The molecule has 1 N–H and O–H groups in total. The molecule has 1 aliphatic rings. The second kappa shape index (κ2) is 7.74. The molecule has 2 rings (SSSR count). The van der Waals surface area contributed by atoms with E-state index in [4.69, 9.17) is 11.6 Å². The molecule has 1 saturated heterocycles. The van der Waals surface area contributed by atoms with E-state index in [0.717, 1.165) is 31.5 Å². The molecule has 8 heteroatoms. The summed E-state index contributed by atoms with van der Waals surface area (Å²) in [5.41, 5.74) is 0. The lowest BCUT2D eigenvalue weighted by atomic mass is 10.00. The van der Waals surface area contributed by atoms with Crippen molar-refractivity contribution in [2.45, 2.75) is 17.7 Å². The average molecular weight is 357 g/mol. The number of hydrogen-bond acceptors (Lipinski definition) is 3. The number of hydrogen-bond donors (Lipinski definition) is 1. The maximum absolute atomic E-state index is 13.0. The highest BCUT2D eigenvalue weighted by Gasteiger charge is 2.31. The van der Waals surface area contributed by atoms with E-state index in [1.807, 2.05) is 7.05 Å². The highest BCUT2D eigenvalue weighted by atomic mass is 35.5. The van der Waals surface area contributed by atoms with Gasteiger partial charge in [0.15, 0.2) is 0 Å². The van der Waals surface area contributed by atoms with Crippen molar-refractivity contribution >= 4 is 34.0 Å². The lowest BCUT2D eigenvalue weighted by Crippen LogP contribution is -2.42. The van der Waals surface area contributed by atoms with E-state index >= 15 is 0 Å². The average Bonchev–Trinajstić information content (AvgIpc) is 2.39. The molecule has 1 atom stereocenters. The minimum atomic E-state index is -3.65. The molecule has 21 heavy (non-hydrogen) atoms. The fourth-order valence-corrected chi connectivity index (χ4v) is 4.58. The van der Waals surface area contributed by atoms with Crippen molar-refractivity contribution < 1.29 is 12.8 Å². The van der Waals surface area contributed by atoms with Crippen LogP contribution >= 0.6 is 24.0 Å². The summed E-state index contributed by atoms with van der Waals surface area (Å²) in [5.74, 6) is -0.247. The molecule has 0 spiro atoms. The van der Waals surface area contributed by atoms with Gasteiger partial charge < -0.3 is 5.32 Å². The molecule has 0 aromatic heterocycles. The molecular weight excluding hydrogens is 338 g/mol. The van der Waals surface area contributed by atoms with Crippen LogP contribution in [0.3, 0.4) is 0 Å². The zero-order valence-electron chi connectivity index (χ0n) is 11.7. The summed E-state index contributed by atoms with van der Waals surface area (Å²) in [6.45, 7) is 1.73. The van der Waals surface area contributed by atoms with Gasteiger partial charge in [0, 0.05) is 13.1 Å². The first-order chi connectivity index (χ1) is 9.45. The van der Waals surface area contributed by atoms with Crippen LogP contribution in [0.15, 0.2) is 23.1 Å². The van der Waals surface area contributed by atoms with Gasteiger partial charge in [-0.05, 0) is 50.6 Å². The second-order valence-electron chi connectivity index (χ2n) is 5.00. The Labute approximate surface area is 136 Å². The Morgan fingerprint density at radius 2 is 2.19 bits per heavy atom. The van der Waals surface area contributed by atoms with Gasteiger partial charge in [0.05, 0.1) is 5.02 Å². The van der Waals surface area contributed by atoms with Crippen LogP contribution in [0.5, 0.6) is 0 Å². The van der Waals surface area contributed by atoms with Gasteiger partial charge in [-0.25, -0.2) is 12.8 Å². The molecule has 1 fully saturated rings. The summed E-state index contributed by atoms with van der Waals surface area (Å²) in [7, 11) is -1.80. The normalized spacial score (nSPS) is 20.0. The smallest absolute Gasteiger partial charge is 0.244 e. The molecular formula is C13H19Cl2FN2O2S. The quantitative estimate of drug-likeness (QED) is 0.901. The molecule has 0 amide bonds. The van der Waals surface area contributed by atoms with Crippen LogP contribution in [0, 0.1) is 11.7 Å². The first kappa shape index (κ1) is 18.6. The Balaban J connectivity index is 0.00000220. The Bertz CT molecular complexity index is 582. The van der Waals surface area contributed by atoms with Crippen LogP contribution in [0.1, 0.15) is 12.8 Å². The second-order valence-corrected chi connectivity index (χ2v) is 7.32. The van der Waals surface area contributed by atoms with Gasteiger partial charge in [0.1, 0.15) is 10.7 Å². The number of rotatable bonds is 4. The van der Waals surface area contributed by atoms with Crippen molar-refractivity contribution in [3.8, 4) is 0 Å². The van der Waals surface area contributed by atoms with Crippen LogP contribution in [-0.2, 0) is 10.0 Å². The van der Waals surface area contributed by atoms with Gasteiger partial charge in [-0.15, -0.1) is 12.4 Å². The van der Waals surface area contributed by atoms with E-state index in [0.29, 0.717) is 19.0 Å². The number of sulfonamides is 1. The van der Waals surface area contributed by atoms with Crippen molar-refractivity contribution in [1.82, 2.24) is 9.62 Å². The summed E-state index contributed by atoms with van der Waals surface area (Å²) in [5, 5.41) is 3.00. The van der Waals surface area contributed by atoms with E-state index in [1.54, 1.807) is 0 Å². The van der Waals surface area contributed by atoms with Crippen LogP contribution in [0.2, 0.25) is 5.02 Å². The fraction of sp³-hybridized carbons (Fsp3) is 0.538. The zero-order valence-corrected chi connectivity index (χ0v) is 14.1. The van der Waals surface area contributed by atoms with Crippen molar-refractivity contribution in [2.24, 2.45) is 5.92 Å². The number of piperidine rings is 1. The molecule has 4 nitrogen and oxygen atoms in total. The summed E-state index contributed by atoms with van der Waals surface area (Å²) < 4.78 is 39.6. The third-order valence-electron chi connectivity index (χ3n) is 3.49. The largest absolute Gasteiger partial charge is 0.319 e. The fourth-order valence-electron chi connectivity index (χ4n) is 2.52. The Morgan fingerprint density at radius 3 is 2.81 bits per heavy atom. The number of nitrogens with one attached hydrogen (secondary N) is 1. The van der Waals surface area contributed by atoms with Crippen molar-refractivity contribution in [3.63, 3.8) is 0 Å². The molecule has 0 aliphatic carbocycles. The standard InChI is InChI=1S/C13H18ClFN2O2S.ClH/c1-16-8-10-3-2-6-17(9-10)20(18,19)13-5-4-11(15)7-12(13)14;/h4-5,7,10,16H,2-3,6,8-9H2,1H3;1H. The lowest BCUT2D eigenvalue weighted by Gasteiger charge is -2.32. The highest BCUT2D eigenvalue weighted by Crippen LogP contribution is 2.28. The minimum absolute atomic E-state index is 0. The van der Waals surface area contributed by atoms with Gasteiger partial charge in [-0.1, -0.05) is 11.6 Å². The molecule has 1 aromatic carbocycles. The topological polar surface area (TPSA) is 49.4 Å². The maximum atomic E-state index is 13.0. The van der Waals surface area contributed by atoms with E-state index in [-0.39, 0.29) is 22.3 Å². The highest BCUT2D eigenvalue weighted by molar-refractivity contribution is 7.89. The third kappa shape index (κ3) is 4.29. The minimum Gasteiger partial charge on any atom is -0.319 e.